The molecule has 1 saturated heterocycles. The van der Waals surface area contributed by atoms with Gasteiger partial charge in [-0.3, -0.25) is 4.90 Å². The summed E-state index contributed by atoms with van der Waals surface area (Å²) < 4.78 is 15.8. The molecule has 0 radical (unpaired) electrons. The van der Waals surface area contributed by atoms with Gasteiger partial charge in [-0.25, -0.2) is 0 Å². The van der Waals surface area contributed by atoms with Crippen LogP contribution in [0.3, 0.4) is 0 Å². The summed E-state index contributed by atoms with van der Waals surface area (Å²) in [6.07, 6.45) is 3.73. The predicted molar refractivity (Wildman–Crippen MR) is 93.2 cm³/mol. The van der Waals surface area contributed by atoms with Gasteiger partial charge in [0, 0.05) is 39.4 Å². The molecule has 0 aliphatic carbocycles. The molecule has 5 heteroatoms. The van der Waals surface area contributed by atoms with Gasteiger partial charge in [0.2, 0.25) is 0 Å². The molecule has 1 fully saturated rings. The van der Waals surface area contributed by atoms with Crippen LogP contribution in [0.25, 0.3) is 0 Å². The van der Waals surface area contributed by atoms with Gasteiger partial charge in [0.15, 0.2) is 0 Å². The largest absolute Gasteiger partial charge is 0.497 e. The van der Waals surface area contributed by atoms with Crippen LogP contribution >= 0.6 is 0 Å². The number of nitrogens with zero attached hydrogens (tertiary/aromatic N) is 2. The second kappa shape index (κ2) is 8.91. The second-order valence-electron chi connectivity index (χ2n) is 6.49. The van der Waals surface area contributed by atoms with Gasteiger partial charge in [0.05, 0.1) is 25.7 Å². The van der Waals surface area contributed by atoms with Crippen molar-refractivity contribution in [1.82, 2.24) is 4.90 Å². The number of nitriles is 1. The first-order valence-corrected chi connectivity index (χ1v) is 8.49. The SMILES string of the molecule is COCCCC1(C#N)CCN(Cc2cc(OC)cc(OC)c2)CC1. The van der Waals surface area contributed by atoms with Crippen molar-refractivity contribution < 1.29 is 14.2 Å². The monoisotopic (exact) mass is 332 g/mol. The lowest BCUT2D eigenvalue weighted by molar-refractivity contribution is 0.116. The molecule has 1 aromatic rings. The molecule has 0 amide bonds. The van der Waals surface area contributed by atoms with Crippen molar-refractivity contribution in [3.8, 4) is 17.6 Å². The molecule has 0 atom stereocenters. The van der Waals surface area contributed by atoms with Crippen LogP contribution in [0.4, 0.5) is 0 Å². The van der Waals surface area contributed by atoms with Crippen molar-refractivity contribution in [1.29, 1.82) is 5.26 Å². The molecule has 0 bridgehead atoms. The van der Waals surface area contributed by atoms with E-state index in [0.717, 1.165) is 63.4 Å². The molecule has 5 nitrogen and oxygen atoms in total. The third kappa shape index (κ3) is 4.86. The van der Waals surface area contributed by atoms with E-state index < -0.39 is 0 Å². The van der Waals surface area contributed by atoms with Crippen LogP contribution in [0.2, 0.25) is 0 Å². The van der Waals surface area contributed by atoms with Crippen LogP contribution in [0.1, 0.15) is 31.2 Å². The van der Waals surface area contributed by atoms with Gasteiger partial charge in [-0.15, -0.1) is 0 Å². The maximum absolute atomic E-state index is 9.61. The van der Waals surface area contributed by atoms with Crippen LogP contribution in [-0.2, 0) is 11.3 Å². The summed E-state index contributed by atoms with van der Waals surface area (Å²) in [7, 11) is 5.05. The van der Waals surface area contributed by atoms with E-state index in [0.29, 0.717) is 0 Å². The number of hydrogen-bond donors (Lipinski definition) is 0. The van der Waals surface area contributed by atoms with E-state index in [1.165, 1.54) is 5.56 Å². The zero-order chi connectivity index (χ0) is 17.4. The topological polar surface area (TPSA) is 54.7 Å². The third-order valence-corrected chi connectivity index (χ3v) is 4.87. The molecule has 24 heavy (non-hydrogen) atoms. The molecular formula is C19H28N2O3. The normalized spacial score (nSPS) is 17.2. The van der Waals surface area contributed by atoms with E-state index >= 15 is 0 Å². The van der Waals surface area contributed by atoms with Crippen molar-refractivity contribution in [2.45, 2.75) is 32.2 Å². The number of methoxy groups -OCH3 is 3. The van der Waals surface area contributed by atoms with E-state index in [-0.39, 0.29) is 5.41 Å². The fourth-order valence-corrected chi connectivity index (χ4v) is 3.33. The van der Waals surface area contributed by atoms with Gasteiger partial charge in [0.1, 0.15) is 11.5 Å². The van der Waals surface area contributed by atoms with Crippen molar-refractivity contribution >= 4 is 0 Å². The molecule has 0 aromatic heterocycles. The van der Waals surface area contributed by atoms with E-state index in [1.807, 2.05) is 18.2 Å². The summed E-state index contributed by atoms with van der Waals surface area (Å²) in [5, 5.41) is 9.61. The number of rotatable bonds is 8. The van der Waals surface area contributed by atoms with Crippen molar-refractivity contribution in [3.05, 3.63) is 23.8 Å². The zero-order valence-electron chi connectivity index (χ0n) is 15.0. The van der Waals surface area contributed by atoms with Crippen molar-refractivity contribution in [2.75, 3.05) is 41.0 Å². The highest BCUT2D eigenvalue weighted by Crippen LogP contribution is 2.36. The summed E-state index contributed by atoms with van der Waals surface area (Å²) in [6, 6.07) is 8.56. The zero-order valence-corrected chi connectivity index (χ0v) is 15.0. The van der Waals surface area contributed by atoms with E-state index in [9.17, 15) is 5.26 Å². The lowest BCUT2D eigenvalue weighted by Crippen LogP contribution is -2.39. The van der Waals surface area contributed by atoms with Gasteiger partial charge in [-0.05, 0) is 43.4 Å². The average Bonchev–Trinajstić information content (AvgIpc) is 2.63. The smallest absolute Gasteiger partial charge is 0.122 e. The molecular weight excluding hydrogens is 304 g/mol. The Morgan fingerprint density at radius 2 is 1.71 bits per heavy atom. The first-order valence-electron chi connectivity index (χ1n) is 8.49. The Labute approximate surface area is 145 Å². The third-order valence-electron chi connectivity index (χ3n) is 4.87. The van der Waals surface area contributed by atoms with Crippen molar-refractivity contribution in [2.24, 2.45) is 5.41 Å². The first kappa shape index (κ1) is 18.6. The Hall–Kier alpha value is -1.77. The van der Waals surface area contributed by atoms with Gasteiger partial charge in [0.25, 0.3) is 0 Å². The van der Waals surface area contributed by atoms with E-state index in [4.69, 9.17) is 14.2 Å². The predicted octanol–water partition coefficient (Wildman–Crippen LogP) is 3.24. The summed E-state index contributed by atoms with van der Waals surface area (Å²) in [4.78, 5) is 2.40. The number of likely N-dealkylation sites (tertiary alicyclic amines) is 1. The quantitative estimate of drug-likeness (QED) is 0.684. The summed E-state index contributed by atoms with van der Waals surface area (Å²) in [6.45, 7) is 3.48. The standard InChI is InChI=1S/C19H28N2O3/c1-22-10-4-5-19(15-20)6-8-21(9-7-19)14-16-11-17(23-2)13-18(12-16)24-3/h11-13H,4-10,14H2,1-3H3. The molecule has 1 heterocycles. The molecule has 1 aliphatic heterocycles. The molecule has 0 N–H and O–H groups in total. The Bertz CT molecular complexity index is 538. The Morgan fingerprint density at radius 1 is 1.08 bits per heavy atom. The van der Waals surface area contributed by atoms with Crippen LogP contribution < -0.4 is 9.47 Å². The lowest BCUT2D eigenvalue weighted by atomic mass is 9.76. The van der Waals surface area contributed by atoms with Gasteiger partial charge in [-0.1, -0.05) is 0 Å². The first-order chi connectivity index (χ1) is 11.6. The highest BCUT2D eigenvalue weighted by molar-refractivity contribution is 5.38. The highest BCUT2D eigenvalue weighted by atomic mass is 16.5. The number of piperidine rings is 1. The van der Waals surface area contributed by atoms with Crippen LogP contribution in [0.15, 0.2) is 18.2 Å². The summed E-state index contributed by atoms with van der Waals surface area (Å²) >= 11 is 0. The van der Waals surface area contributed by atoms with Gasteiger partial charge in [-0.2, -0.15) is 5.26 Å². The maximum Gasteiger partial charge on any atom is 0.122 e. The van der Waals surface area contributed by atoms with E-state index in [1.54, 1.807) is 21.3 Å². The van der Waals surface area contributed by atoms with Gasteiger partial charge < -0.3 is 14.2 Å². The molecule has 0 spiro atoms. The molecule has 1 aromatic carbocycles. The second-order valence-corrected chi connectivity index (χ2v) is 6.49. The average molecular weight is 332 g/mol. The van der Waals surface area contributed by atoms with Gasteiger partial charge >= 0.3 is 0 Å². The minimum absolute atomic E-state index is 0.179. The maximum atomic E-state index is 9.61. The lowest BCUT2D eigenvalue weighted by Gasteiger charge is -2.37. The fraction of sp³-hybridized carbons (Fsp3) is 0.632. The number of hydrogen-bond acceptors (Lipinski definition) is 5. The number of benzene rings is 1. The number of ether oxygens (including phenoxy) is 3. The molecule has 2 rings (SSSR count). The van der Waals surface area contributed by atoms with Crippen molar-refractivity contribution in [3.63, 3.8) is 0 Å². The fourth-order valence-electron chi connectivity index (χ4n) is 3.33. The van der Waals surface area contributed by atoms with Crippen LogP contribution in [0, 0.1) is 16.7 Å². The minimum atomic E-state index is -0.179. The van der Waals surface area contributed by atoms with Crippen LogP contribution in [0.5, 0.6) is 11.5 Å². The highest BCUT2D eigenvalue weighted by Gasteiger charge is 2.34. The summed E-state index contributed by atoms with van der Waals surface area (Å²) in [5.41, 5.74) is 0.996. The Morgan fingerprint density at radius 3 is 2.21 bits per heavy atom. The Balaban J connectivity index is 1.94. The van der Waals surface area contributed by atoms with Crippen LogP contribution in [-0.4, -0.2) is 45.9 Å². The molecule has 1 aliphatic rings. The molecule has 132 valence electrons. The summed E-state index contributed by atoms with van der Waals surface area (Å²) in [5.74, 6) is 1.62. The Kier molecular flexibility index (Phi) is 6.89. The molecule has 0 unspecified atom stereocenters. The van der Waals surface area contributed by atoms with E-state index in [2.05, 4.69) is 11.0 Å². The minimum Gasteiger partial charge on any atom is -0.497 e. The molecule has 0 saturated carbocycles.